The summed E-state index contributed by atoms with van der Waals surface area (Å²) >= 11 is 0. The summed E-state index contributed by atoms with van der Waals surface area (Å²) in [5.74, 6) is 0.780. The molecule has 88 valence electrons. The van der Waals surface area contributed by atoms with Crippen molar-refractivity contribution >= 4 is 5.69 Å². The van der Waals surface area contributed by atoms with Crippen LogP contribution in [0.15, 0.2) is 24.3 Å². The number of benzene rings is 1. The molecule has 3 nitrogen and oxygen atoms in total. The maximum Gasteiger partial charge on any atom is 0.142 e. The Balaban J connectivity index is 1.98. The van der Waals surface area contributed by atoms with E-state index >= 15 is 0 Å². The lowest BCUT2D eigenvalue weighted by atomic mass is 9.87. The molecule has 0 radical (unpaired) electrons. The van der Waals surface area contributed by atoms with Crippen LogP contribution in [0, 0.1) is 5.41 Å². The highest BCUT2D eigenvalue weighted by molar-refractivity contribution is 5.51. The Hall–Kier alpha value is -1.22. The SMILES string of the molecule is NCC1(COc2ccccc2N)CCCC1. The van der Waals surface area contributed by atoms with Gasteiger partial charge in [-0.05, 0) is 25.0 Å². The van der Waals surface area contributed by atoms with E-state index in [2.05, 4.69) is 0 Å². The number of para-hydroxylation sites is 2. The minimum Gasteiger partial charge on any atom is -0.491 e. The highest BCUT2D eigenvalue weighted by Gasteiger charge is 2.33. The summed E-state index contributed by atoms with van der Waals surface area (Å²) in [4.78, 5) is 0. The highest BCUT2D eigenvalue weighted by atomic mass is 16.5. The molecule has 0 saturated heterocycles. The first kappa shape index (κ1) is 11.3. The first-order chi connectivity index (χ1) is 7.76. The average molecular weight is 220 g/mol. The first-order valence-corrected chi connectivity index (χ1v) is 5.93. The Morgan fingerprint density at radius 3 is 2.50 bits per heavy atom. The lowest BCUT2D eigenvalue weighted by Crippen LogP contribution is -2.33. The lowest BCUT2D eigenvalue weighted by molar-refractivity contribution is 0.157. The van der Waals surface area contributed by atoms with E-state index in [9.17, 15) is 0 Å². The summed E-state index contributed by atoms with van der Waals surface area (Å²) in [6.07, 6.45) is 4.89. The van der Waals surface area contributed by atoms with Crippen molar-refractivity contribution in [3.63, 3.8) is 0 Å². The van der Waals surface area contributed by atoms with Gasteiger partial charge in [0.2, 0.25) is 0 Å². The van der Waals surface area contributed by atoms with Crippen molar-refractivity contribution in [1.82, 2.24) is 0 Å². The van der Waals surface area contributed by atoms with Crippen LogP contribution in [0.2, 0.25) is 0 Å². The maximum atomic E-state index is 5.86. The van der Waals surface area contributed by atoms with Crippen molar-refractivity contribution in [2.24, 2.45) is 11.1 Å². The zero-order valence-electron chi connectivity index (χ0n) is 9.61. The Morgan fingerprint density at radius 2 is 1.88 bits per heavy atom. The van der Waals surface area contributed by atoms with Crippen LogP contribution in [0.4, 0.5) is 5.69 Å². The van der Waals surface area contributed by atoms with Gasteiger partial charge in [0.25, 0.3) is 0 Å². The van der Waals surface area contributed by atoms with Gasteiger partial charge in [0.15, 0.2) is 0 Å². The van der Waals surface area contributed by atoms with E-state index in [0.717, 1.165) is 5.75 Å². The Bertz CT molecular complexity index is 346. The van der Waals surface area contributed by atoms with E-state index < -0.39 is 0 Å². The molecule has 1 fully saturated rings. The Labute approximate surface area is 96.8 Å². The molecule has 0 amide bonds. The van der Waals surface area contributed by atoms with Gasteiger partial charge in [0.1, 0.15) is 5.75 Å². The normalized spacial score (nSPS) is 18.6. The van der Waals surface area contributed by atoms with Crippen LogP contribution in [0.5, 0.6) is 5.75 Å². The zero-order valence-corrected chi connectivity index (χ0v) is 9.61. The van der Waals surface area contributed by atoms with E-state index in [1.165, 1.54) is 25.7 Å². The number of nitrogen functional groups attached to an aromatic ring is 1. The van der Waals surface area contributed by atoms with E-state index in [0.29, 0.717) is 18.8 Å². The average Bonchev–Trinajstić information content (AvgIpc) is 2.78. The van der Waals surface area contributed by atoms with Gasteiger partial charge < -0.3 is 16.2 Å². The van der Waals surface area contributed by atoms with Crippen molar-refractivity contribution in [1.29, 1.82) is 0 Å². The van der Waals surface area contributed by atoms with Gasteiger partial charge in [0, 0.05) is 12.0 Å². The molecular weight excluding hydrogens is 200 g/mol. The van der Waals surface area contributed by atoms with Gasteiger partial charge in [-0.15, -0.1) is 0 Å². The van der Waals surface area contributed by atoms with Crippen molar-refractivity contribution in [2.75, 3.05) is 18.9 Å². The smallest absolute Gasteiger partial charge is 0.142 e. The number of anilines is 1. The third-order valence-corrected chi connectivity index (χ3v) is 3.55. The quantitative estimate of drug-likeness (QED) is 0.764. The van der Waals surface area contributed by atoms with Crippen LogP contribution >= 0.6 is 0 Å². The van der Waals surface area contributed by atoms with Crippen molar-refractivity contribution in [2.45, 2.75) is 25.7 Å². The number of ether oxygens (including phenoxy) is 1. The summed E-state index contributed by atoms with van der Waals surface area (Å²) in [5.41, 5.74) is 12.6. The van der Waals surface area contributed by atoms with E-state index in [1.54, 1.807) is 0 Å². The van der Waals surface area contributed by atoms with Crippen LogP contribution in [0.25, 0.3) is 0 Å². The largest absolute Gasteiger partial charge is 0.491 e. The molecule has 0 bridgehead atoms. The predicted octanol–water partition coefficient (Wildman–Crippen LogP) is 2.17. The van der Waals surface area contributed by atoms with Gasteiger partial charge in [-0.3, -0.25) is 0 Å². The van der Waals surface area contributed by atoms with Gasteiger partial charge in [-0.25, -0.2) is 0 Å². The summed E-state index contributed by atoms with van der Waals surface area (Å²) in [6, 6.07) is 7.62. The Morgan fingerprint density at radius 1 is 1.19 bits per heavy atom. The minimum absolute atomic E-state index is 0.183. The van der Waals surface area contributed by atoms with Crippen molar-refractivity contribution in [3.8, 4) is 5.75 Å². The molecule has 0 aromatic heterocycles. The van der Waals surface area contributed by atoms with E-state index in [1.807, 2.05) is 24.3 Å². The predicted molar refractivity (Wildman–Crippen MR) is 66.3 cm³/mol. The molecule has 0 atom stereocenters. The van der Waals surface area contributed by atoms with Crippen LogP contribution in [-0.2, 0) is 0 Å². The molecular formula is C13H20N2O. The third-order valence-electron chi connectivity index (χ3n) is 3.55. The highest BCUT2D eigenvalue weighted by Crippen LogP contribution is 2.38. The minimum atomic E-state index is 0.183. The molecule has 0 unspecified atom stereocenters. The van der Waals surface area contributed by atoms with Crippen LogP contribution in [0.1, 0.15) is 25.7 Å². The monoisotopic (exact) mass is 220 g/mol. The van der Waals surface area contributed by atoms with E-state index in [-0.39, 0.29) is 5.41 Å². The molecule has 0 heterocycles. The first-order valence-electron chi connectivity index (χ1n) is 5.93. The second-order valence-electron chi connectivity index (χ2n) is 4.74. The summed E-state index contributed by atoms with van der Waals surface area (Å²) in [6.45, 7) is 1.40. The molecule has 3 heteroatoms. The second-order valence-corrected chi connectivity index (χ2v) is 4.74. The van der Waals surface area contributed by atoms with Gasteiger partial charge in [0.05, 0.1) is 12.3 Å². The van der Waals surface area contributed by atoms with Crippen molar-refractivity contribution in [3.05, 3.63) is 24.3 Å². The van der Waals surface area contributed by atoms with Gasteiger partial charge >= 0.3 is 0 Å². The fourth-order valence-electron chi connectivity index (χ4n) is 2.38. The van der Waals surface area contributed by atoms with Crippen LogP contribution in [0.3, 0.4) is 0 Å². The lowest BCUT2D eigenvalue weighted by Gasteiger charge is -2.27. The van der Waals surface area contributed by atoms with Crippen LogP contribution < -0.4 is 16.2 Å². The summed E-state index contributed by atoms with van der Waals surface area (Å²) in [7, 11) is 0. The summed E-state index contributed by atoms with van der Waals surface area (Å²) < 4.78 is 5.81. The fraction of sp³-hybridized carbons (Fsp3) is 0.538. The molecule has 1 aromatic carbocycles. The van der Waals surface area contributed by atoms with E-state index in [4.69, 9.17) is 16.2 Å². The van der Waals surface area contributed by atoms with Gasteiger partial charge in [-0.2, -0.15) is 0 Å². The zero-order chi connectivity index (χ0) is 11.4. The fourth-order valence-corrected chi connectivity index (χ4v) is 2.38. The topological polar surface area (TPSA) is 61.3 Å². The molecule has 1 aliphatic carbocycles. The van der Waals surface area contributed by atoms with Gasteiger partial charge in [-0.1, -0.05) is 25.0 Å². The number of nitrogens with two attached hydrogens (primary N) is 2. The molecule has 0 spiro atoms. The molecule has 1 saturated carbocycles. The molecule has 4 N–H and O–H groups in total. The maximum absolute atomic E-state index is 5.86. The van der Waals surface area contributed by atoms with Crippen LogP contribution in [-0.4, -0.2) is 13.2 Å². The molecule has 1 aromatic rings. The number of rotatable bonds is 4. The second kappa shape index (κ2) is 4.74. The third kappa shape index (κ3) is 2.30. The molecule has 1 aliphatic rings. The molecule has 0 aliphatic heterocycles. The molecule has 2 rings (SSSR count). The Kier molecular flexibility index (Phi) is 3.34. The standard InChI is InChI=1S/C13H20N2O/c14-9-13(7-3-4-8-13)10-16-12-6-2-1-5-11(12)15/h1-2,5-6H,3-4,7-10,14-15H2. The number of hydrogen-bond donors (Lipinski definition) is 2. The van der Waals surface area contributed by atoms with Crippen molar-refractivity contribution < 1.29 is 4.74 Å². The molecule has 16 heavy (non-hydrogen) atoms. The number of hydrogen-bond acceptors (Lipinski definition) is 3. The summed E-state index contributed by atoms with van der Waals surface area (Å²) in [5, 5.41) is 0.